The van der Waals surface area contributed by atoms with Gasteiger partial charge in [-0.3, -0.25) is 0 Å². The molecule has 0 spiro atoms. The molecule has 1 unspecified atom stereocenters. The Morgan fingerprint density at radius 3 is 2.71 bits per heavy atom. The number of benzene rings is 2. The molecule has 3 nitrogen and oxygen atoms in total. The van der Waals surface area contributed by atoms with Gasteiger partial charge in [0, 0.05) is 0 Å². The molecule has 1 heterocycles. The molecule has 3 heteroatoms. The number of ether oxygens (including phenoxy) is 2. The van der Waals surface area contributed by atoms with Crippen molar-refractivity contribution >= 4 is 0 Å². The summed E-state index contributed by atoms with van der Waals surface area (Å²) in [4.78, 5) is 0. The summed E-state index contributed by atoms with van der Waals surface area (Å²) < 4.78 is 11.7. The summed E-state index contributed by atoms with van der Waals surface area (Å²) >= 11 is 0. The molecule has 3 rings (SSSR count). The fourth-order valence-electron chi connectivity index (χ4n) is 2.63. The highest BCUT2D eigenvalue weighted by Crippen LogP contribution is 2.28. The number of aliphatic hydroxyl groups is 1. The predicted octanol–water partition coefficient (Wildman–Crippen LogP) is 3.43. The van der Waals surface area contributed by atoms with E-state index in [0.717, 1.165) is 24.3 Å². The minimum absolute atomic E-state index is 0.00797. The Bertz CT molecular complexity index is 590. The van der Waals surface area contributed by atoms with Crippen molar-refractivity contribution in [3.05, 3.63) is 65.2 Å². The van der Waals surface area contributed by atoms with E-state index in [0.29, 0.717) is 6.61 Å². The number of hydrogen-bond donors (Lipinski definition) is 1. The van der Waals surface area contributed by atoms with Crippen LogP contribution in [0.5, 0.6) is 5.75 Å². The third kappa shape index (κ3) is 3.26. The van der Waals surface area contributed by atoms with Crippen molar-refractivity contribution in [3.63, 3.8) is 0 Å². The average molecular weight is 284 g/mol. The fourth-order valence-corrected chi connectivity index (χ4v) is 2.63. The third-order valence-corrected chi connectivity index (χ3v) is 3.86. The van der Waals surface area contributed by atoms with Gasteiger partial charge in [0.1, 0.15) is 18.5 Å². The van der Waals surface area contributed by atoms with Crippen molar-refractivity contribution in [1.82, 2.24) is 0 Å². The lowest BCUT2D eigenvalue weighted by Crippen LogP contribution is -2.21. The maximum Gasteiger partial charge on any atom is 0.119 e. The topological polar surface area (TPSA) is 38.7 Å². The van der Waals surface area contributed by atoms with Gasteiger partial charge >= 0.3 is 0 Å². The zero-order chi connectivity index (χ0) is 14.7. The van der Waals surface area contributed by atoms with E-state index in [1.54, 1.807) is 6.92 Å². The van der Waals surface area contributed by atoms with Crippen LogP contribution in [0.3, 0.4) is 0 Å². The molecule has 0 bridgehead atoms. The minimum atomic E-state index is -0.451. The Labute approximate surface area is 125 Å². The molecule has 1 aliphatic rings. The normalized spacial score (nSPS) is 18.9. The van der Waals surface area contributed by atoms with E-state index in [1.807, 2.05) is 30.3 Å². The van der Waals surface area contributed by atoms with Gasteiger partial charge in [-0.25, -0.2) is 0 Å². The first-order valence-electron chi connectivity index (χ1n) is 7.34. The molecule has 0 fully saturated rings. The van der Waals surface area contributed by atoms with Gasteiger partial charge in [-0.1, -0.05) is 36.4 Å². The Balaban J connectivity index is 1.66. The summed E-state index contributed by atoms with van der Waals surface area (Å²) in [5, 5.41) is 9.50. The molecule has 110 valence electrons. The molecule has 2 aromatic carbocycles. The molecule has 1 N–H and O–H groups in total. The highest BCUT2D eigenvalue weighted by molar-refractivity contribution is 5.32. The van der Waals surface area contributed by atoms with E-state index in [2.05, 4.69) is 18.2 Å². The van der Waals surface area contributed by atoms with E-state index in [9.17, 15) is 5.11 Å². The largest absolute Gasteiger partial charge is 0.491 e. The van der Waals surface area contributed by atoms with Gasteiger partial charge in [0.05, 0.1) is 12.7 Å². The van der Waals surface area contributed by atoms with E-state index in [-0.39, 0.29) is 6.10 Å². The Hall–Kier alpha value is -1.84. The summed E-state index contributed by atoms with van der Waals surface area (Å²) in [6.45, 7) is 3.00. The maximum atomic E-state index is 9.50. The molecule has 2 atom stereocenters. The molecule has 2 aromatic rings. The monoisotopic (exact) mass is 284 g/mol. The lowest BCUT2D eigenvalue weighted by molar-refractivity contribution is 0.0102. The molecule has 0 saturated carbocycles. The van der Waals surface area contributed by atoms with Gasteiger partial charge in [0.2, 0.25) is 0 Å². The fraction of sp³-hybridized carbons (Fsp3) is 0.333. The first-order valence-corrected chi connectivity index (χ1v) is 7.34. The molecular weight excluding hydrogens is 264 g/mol. The van der Waals surface area contributed by atoms with Gasteiger partial charge in [-0.2, -0.15) is 0 Å². The van der Waals surface area contributed by atoms with E-state index in [1.165, 1.54) is 11.1 Å². The predicted molar refractivity (Wildman–Crippen MR) is 81.4 cm³/mol. The molecule has 21 heavy (non-hydrogen) atoms. The van der Waals surface area contributed by atoms with Crippen LogP contribution in [0.25, 0.3) is 0 Å². The van der Waals surface area contributed by atoms with Crippen molar-refractivity contribution < 1.29 is 14.6 Å². The summed E-state index contributed by atoms with van der Waals surface area (Å²) in [5.74, 6) is 0.797. The molecule has 0 saturated heterocycles. The molecule has 0 aromatic heterocycles. The quantitative estimate of drug-likeness (QED) is 0.934. The average Bonchev–Trinajstić information content (AvgIpc) is 2.53. The van der Waals surface area contributed by atoms with Crippen LogP contribution in [-0.2, 0) is 11.2 Å². The number of fused-ring (bicyclic) bond motifs is 1. The number of aliphatic hydroxyl groups excluding tert-OH is 1. The van der Waals surface area contributed by atoms with Gasteiger partial charge in [0.15, 0.2) is 0 Å². The Morgan fingerprint density at radius 2 is 1.95 bits per heavy atom. The van der Waals surface area contributed by atoms with Crippen molar-refractivity contribution in [2.45, 2.75) is 25.6 Å². The first kappa shape index (κ1) is 14.1. The van der Waals surface area contributed by atoms with Gasteiger partial charge in [-0.15, -0.1) is 0 Å². The van der Waals surface area contributed by atoms with Crippen LogP contribution in [0.2, 0.25) is 0 Å². The molecular formula is C18H20O3. The van der Waals surface area contributed by atoms with Gasteiger partial charge in [0.25, 0.3) is 0 Å². The summed E-state index contributed by atoms with van der Waals surface area (Å²) in [6, 6.07) is 15.9. The number of hydrogen-bond acceptors (Lipinski definition) is 3. The summed E-state index contributed by atoms with van der Waals surface area (Å²) in [7, 11) is 0. The third-order valence-electron chi connectivity index (χ3n) is 3.86. The lowest BCUT2D eigenvalue weighted by atomic mass is 9.98. The standard InChI is InChI=1S/C18H20O3/c1-13(19)14-6-8-16(9-7-14)21-12-18-17-5-3-2-4-15(17)10-11-20-18/h2-9,13,18-19H,10-12H2,1H3/t13-,18?/m1/s1. The lowest BCUT2D eigenvalue weighted by Gasteiger charge is -2.26. The van der Waals surface area contributed by atoms with Crippen LogP contribution in [0.15, 0.2) is 48.5 Å². The second kappa shape index (κ2) is 6.29. The minimum Gasteiger partial charge on any atom is -0.491 e. The van der Waals surface area contributed by atoms with Gasteiger partial charge in [-0.05, 0) is 42.2 Å². The molecule has 1 aliphatic heterocycles. The number of rotatable bonds is 4. The molecule has 0 radical (unpaired) electrons. The van der Waals surface area contributed by atoms with E-state index in [4.69, 9.17) is 9.47 Å². The van der Waals surface area contributed by atoms with Crippen LogP contribution in [0.4, 0.5) is 0 Å². The SMILES string of the molecule is C[C@@H](O)c1ccc(OCC2OCCc3ccccc32)cc1. The van der Waals surface area contributed by atoms with Crippen molar-refractivity contribution in [1.29, 1.82) is 0 Å². The van der Waals surface area contributed by atoms with Crippen molar-refractivity contribution in [2.75, 3.05) is 13.2 Å². The van der Waals surface area contributed by atoms with Gasteiger partial charge < -0.3 is 14.6 Å². The van der Waals surface area contributed by atoms with E-state index < -0.39 is 6.10 Å². The van der Waals surface area contributed by atoms with Crippen LogP contribution in [0, 0.1) is 0 Å². The molecule has 0 aliphatic carbocycles. The highest BCUT2D eigenvalue weighted by Gasteiger charge is 2.20. The van der Waals surface area contributed by atoms with Crippen LogP contribution in [-0.4, -0.2) is 18.3 Å². The second-order valence-corrected chi connectivity index (χ2v) is 5.36. The highest BCUT2D eigenvalue weighted by atomic mass is 16.5. The first-order chi connectivity index (χ1) is 10.2. The zero-order valence-electron chi connectivity index (χ0n) is 12.2. The van der Waals surface area contributed by atoms with Crippen LogP contribution in [0.1, 0.15) is 35.8 Å². The smallest absolute Gasteiger partial charge is 0.119 e. The van der Waals surface area contributed by atoms with E-state index >= 15 is 0 Å². The maximum absolute atomic E-state index is 9.50. The van der Waals surface area contributed by atoms with Crippen molar-refractivity contribution in [2.24, 2.45) is 0 Å². The van der Waals surface area contributed by atoms with Crippen molar-refractivity contribution in [3.8, 4) is 5.75 Å². The summed E-state index contributed by atoms with van der Waals surface area (Å²) in [5.41, 5.74) is 3.47. The summed E-state index contributed by atoms with van der Waals surface area (Å²) in [6.07, 6.45) is 0.509. The van der Waals surface area contributed by atoms with Crippen LogP contribution >= 0.6 is 0 Å². The Kier molecular flexibility index (Phi) is 4.23. The zero-order valence-corrected chi connectivity index (χ0v) is 12.2. The second-order valence-electron chi connectivity index (χ2n) is 5.36. The van der Waals surface area contributed by atoms with Crippen LogP contribution < -0.4 is 4.74 Å². The molecule has 0 amide bonds. The Morgan fingerprint density at radius 1 is 1.19 bits per heavy atom.